The summed E-state index contributed by atoms with van der Waals surface area (Å²) in [5.74, 6) is 0.312. The molecule has 1 fully saturated rings. The minimum absolute atomic E-state index is 0.0423. The van der Waals surface area contributed by atoms with E-state index in [-0.39, 0.29) is 11.3 Å². The van der Waals surface area contributed by atoms with Crippen molar-refractivity contribution in [2.45, 2.75) is 43.4 Å². The van der Waals surface area contributed by atoms with E-state index in [2.05, 4.69) is 28.1 Å². The molecule has 112 valence electrons. The third-order valence-corrected chi connectivity index (χ3v) is 6.43. The first kappa shape index (κ1) is 16.0. The molecular weight excluding hydrogens is 338 g/mol. The third kappa shape index (κ3) is 4.30. The number of halogens is 1. The van der Waals surface area contributed by atoms with E-state index < -0.39 is 9.84 Å². The van der Waals surface area contributed by atoms with Crippen LogP contribution in [0, 0.1) is 5.92 Å². The van der Waals surface area contributed by atoms with Crippen LogP contribution in [0.25, 0.3) is 0 Å². The zero-order valence-electron chi connectivity index (χ0n) is 11.8. The van der Waals surface area contributed by atoms with Crippen molar-refractivity contribution in [1.82, 2.24) is 0 Å². The molecule has 0 amide bonds. The summed E-state index contributed by atoms with van der Waals surface area (Å²) >= 11 is 3.42. The fraction of sp³-hybridized carbons (Fsp3) is 0.600. The van der Waals surface area contributed by atoms with Crippen molar-refractivity contribution >= 4 is 25.8 Å². The molecule has 0 saturated heterocycles. The average Bonchev–Trinajstić information content (AvgIpc) is 2.40. The molecule has 0 heterocycles. The van der Waals surface area contributed by atoms with Gasteiger partial charge in [-0.3, -0.25) is 0 Å². The van der Waals surface area contributed by atoms with Gasteiger partial charge in [-0.2, -0.15) is 0 Å². The molecule has 3 unspecified atom stereocenters. The Morgan fingerprint density at radius 1 is 1.30 bits per heavy atom. The second-order valence-corrected chi connectivity index (χ2v) is 9.11. The largest absolute Gasteiger partial charge is 0.327 e. The van der Waals surface area contributed by atoms with E-state index in [9.17, 15) is 8.42 Å². The minimum atomic E-state index is -2.93. The molecule has 1 aliphatic carbocycles. The molecule has 0 spiro atoms. The van der Waals surface area contributed by atoms with Crippen LogP contribution in [-0.4, -0.2) is 26.0 Å². The first-order valence-corrected chi connectivity index (χ1v) is 9.80. The summed E-state index contributed by atoms with van der Waals surface area (Å²) in [5, 5.41) is -0.197. The van der Waals surface area contributed by atoms with Gasteiger partial charge in [0, 0.05) is 16.8 Å². The molecule has 1 aromatic rings. The standard InChI is InChI=1S/C15H22BrNO2S/c1-20(18,19)14-4-2-3-12(10-14)15(17)9-11-5-7-13(16)8-6-11/h5-8,12,14-15H,2-4,9-10,17H2,1H3. The molecule has 3 atom stereocenters. The second-order valence-electron chi connectivity index (χ2n) is 5.87. The van der Waals surface area contributed by atoms with Crippen LogP contribution in [-0.2, 0) is 16.3 Å². The molecule has 1 saturated carbocycles. The summed E-state index contributed by atoms with van der Waals surface area (Å²) in [6, 6.07) is 8.22. The van der Waals surface area contributed by atoms with Gasteiger partial charge in [0.15, 0.2) is 0 Å². The number of benzene rings is 1. The number of rotatable bonds is 4. The van der Waals surface area contributed by atoms with E-state index in [1.165, 1.54) is 11.8 Å². The van der Waals surface area contributed by atoms with Crippen molar-refractivity contribution in [2.24, 2.45) is 11.7 Å². The van der Waals surface area contributed by atoms with Crippen molar-refractivity contribution in [3.05, 3.63) is 34.3 Å². The predicted molar refractivity (Wildman–Crippen MR) is 86.4 cm³/mol. The predicted octanol–water partition coefficient (Wildman–Crippen LogP) is 2.92. The van der Waals surface area contributed by atoms with Gasteiger partial charge in [0.05, 0.1) is 5.25 Å². The van der Waals surface area contributed by atoms with E-state index >= 15 is 0 Å². The third-order valence-electron chi connectivity index (χ3n) is 4.26. The van der Waals surface area contributed by atoms with Gasteiger partial charge in [-0.1, -0.05) is 34.5 Å². The Morgan fingerprint density at radius 2 is 1.95 bits per heavy atom. The summed E-state index contributed by atoms with van der Waals surface area (Å²) in [5.41, 5.74) is 7.53. The van der Waals surface area contributed by atoms with Gasteiger partial charge in [0.2, 0.25) is 0 Å². The summed E-state index contributed by atoms with van der Waals surface area (Å²) in [7, 11) is -2.93. The molecule has 0 aromatic heterocycles. The first-order chi connectivity index (χ1) is 9.36. The molecule has 2 N–H and O–H groups in total. The summed E-state index contributed by atoms with van der Waals surface area (Å²) in [4.78, 5) is 0. The van der Waals surface area contributed by atoms with Gasteiger partial charge in [0.1, 0.15) is 9.84 Å². The lowest BCUT2D eigenvalue weighted by Crippen LogP contribution is -2.38. The lowest BCUT2D eigenvalue weighted by molar-refractivity contribution is 0.304. The van der Waals surface area contributed by atoms with Crippen LogP contribution in [0.2, 0.25) is 0 Å². The lowest BCUT2D eigenvalue weighted by Gasteiger charge is -2.32. The number of nitrogens with two attached hydrogens (primary N) is 1. The average molecular weight is 360 g/mol. The van der Waals surface area contributed by atoms with E-state index in [4.69, 9.17) is 5.73 Å². The fourth-order valence-corrected chi connectivity index (χ4v) is 4.47. The van der Waals surface area contributed by atoms with Crippen molar-refractivity contribution in [2.75, 3.05) is 6.26 Å². The van der Waals surface area contributed by atoms with Crippen LogP contribution in [0.4, 0.5) is 0 Å². The van der Waals surface area contributed by atoms with Crippen LogP contribution >= 0.6 is 15.9 Å². The highest BCUT2D eigenvalue weighted by atomic mass is 79.9. The van der Waals surface area contributed by atoms with E-state index in [0.29, 0.717) is 5.92 Å². The molecule has 0 bridgehead atoms. The Labute approximate surface area is 130 Å². The Hall–Kier alpha value is -0.390. The van der Waals surface area contributed by atoms with E-state index in [0.717, 1.165) is 36.6 Å². The maximum atomic E-state index is 11.7. The highest BCUT2D eigenvalue weighted by Crippen LogP contribution is 2.31. The maximum absolute atomic E-state index is 11.7. The molecule has 0 aliphatic heterocycles. The van der Waals surface area contributed by atoms with Crippen molar-refractivity contribution in [3.8, 4) is 0 Å². The van der Waals surface area contributed by atoms with Gasteiger partial charge in [-0.15, -0.1) is 0 Å². The first-order valence-electron chi connectivity index (χ1n) is 7.05. The molecule has 1 aliphatic rings. The monoisotopic (exact) mass is 359 g/mol. The molecule has 2 rings (SSSR count). The van der Waals surface area contributed by atoms with Crippen molar-refractivity contribution in [1.29, 1.82) is 0 Å². The number of sulfone groups is 1. The van der Waals surface area contributed by atoms with Gasteiger partial charge in [-0.05, 0) is 49.3 Å². The van der Waals surface area contributed by atoms with Crippen LogP contribution in [0.3, 0.4) is 0 Å². The Kier molecular flexibility index (Phi) is 5.26. The van der Waals surface area contributed by atoms with E-state index in [1.807, 2.05) is 12.1 Å². The van der Waals surface area contributed by atoms with Crippen LogP contribution in [0.5, 0.6) is 0 Å². The Morgan fingerprint density at radius 3 is 2.55 bits per heavy atom. The second kappa shape index (κ2) is 6.58. The molecule has 0 radical (unpaired) electrons. The molecule has 3 nitrogen and oxygen atoms in total. The van der Waals surface area contributed by atoms with Crippen LogP contribution in [0.15, 0.2) is 28.7 Å². The summed E-state index contributed by atoms with van der Waals surface area (Å²) < 4.78 is 24.5. The smallest absolute Gasteiger partial charge is 0.150 e. The van der Waals surface area contributed by atoms with Gasteiger partial charge >= 0.3 is 0 Å². The molecular formula is C15H22BrNO2S. The van der Waals surface area contributed by atoms with Crippen molar-refractivity contribution in [3.63, 3.8) is 0 Å². The number of hydrogen-bond acceptors (Lipinski definition) is 3. The lowest BCUT2D eigenvalue weighted by atomic mass is 9.82. The quantitative estimate of drug-likeness (QED) is 0.898. The topological polar surface area (TPSA) is 60.2 Å². The SMILES string of the molecule is CS(=O)(=O)C1CCCC(C(N)Cc2ccc(Br)cc2)C1. The van der Waals surface area contributed by atoms with Crippen LogP contribution in [0.1, 0.15) is 31.2 Å². The Bertz CT molecular complexity index is 541. The Balaban J connectivity index is 1.98. The zero-order chi connectivity index (χ0) is 14.8. The van der Waals surface area contributed by atoms with Crippen LogP contribution < -0.4 is 5.73 Å². The van der Waals surface area contributed by atoms with Gasteiger partial charge < -0.3 is 5.73 Å². The maximum Gasteiger partial charge on any atom is 0.150 e. The minimum Gasteiger partial charge on any atom is -0.327 e. The highest BCUT2D eigenvalue weighted by molar-refractivity contribution is 9.10. The molecule has 1 aromatic carbocycles. The van der Waals surface area contributed by atoms with E-state index in [1.54, 1.807) is 0 Å². The molecule has 20 heavy (non-hydrogen) atoms. The van der Waals surface area contributed by atoms with Gasteiger partial charge in [0.25, 0.3) is 0 Å². The highest BCUT2D eigenvalue weighted by Gasteiger charge is 2.31. The van der Waals surface area contributed by atoms with Gasteiger partial charge in [-0.25, -0.2) is 8.42 Å². The fourth-order valence-electron chi connectivity index (χ4n) is 3.02. The van der Waals surface area contributed by atoms with Crippen molar-refractivity contribution < 1.29 is 8.42 Å². The summed E-state index contributed by atoms with van der Waals surface area (Å²) in [6.45, 7) is 0. The zero-order valence-corrected chi connectivity index (χ0v) is 14.2. The normalized spacial score (nSPS) is 25.4. The number of hydrogen-bond donors (Lipinski definition) is 1. The molecule has 5 heteroatoms. The summed E-state index contributed by atoms with van der Waals surface area (Å²) in [6.07, 6.45) is 5.69.